The molecule has 0 spiro atoms. The zero-order valence-electron chi connectivity index (χ0n) is 19.2. The molecule has 0 radical (unpaired) electrons. The maximum atomic E-state index is 6.17. The van der Waals surface area contributed by atoms with Crippen molar-refractivity contribution in [3.05, 3.63) is 35.4 Å². The average Bonchev–Trinajstić information content (AvgIpc) is 2.97. The minimum Gasteiger partial charge on any atom is -0.373 e. The van der Waals surface area contributed by atoms with Gasteiger partial charge >= 0.3 is 0 Å². The highest BCUT2D eigenvalue weighted by Gasteiger charge is 2.27. The number of hydrogen-bond acceptors (Lipinski definition) is 4. The molecule has 2 heterocycles. The molecule has 0 aromatic heterocycles. The third kappa shape index (κ3) is 7.25. The predicted molar refractivity (Wildman–Crippen MR) is 125 cm³/mol. The molecule has 0 bridgehead atoms. The van der Waals surface area contributed by atoms with Gasteiger partial charge in [-0.2, -0.15) is 0 Å². The molecule has 2 aliphatic rings. The Morgan fingerprint density at radius 3 is 2.73 bits per heavy atom. The quantitative estimate of drug-likeness (QED) is 0.530. The normalized spacial score (nSPS) is 24.4. The highest BCUT2D eigenvalue weighted by molar-refractivity contribution is 5.79. The van der Waals surface area contributed by atoms with Gasteiger partial charge in [-0.15, -0.1) is 0 Å². The highest BCUT2D eigenvalue weighted by Crippen LogP contribution is 2.33. The molecule has 168 valence electrons. The topological polar surface area (TPSA) is 52.1 Å². The molecular weight excluding hydrogens is 374 g/mol. The summed E-state index contributed by atoms with van der Waals surface area (Å²) >= 11 is 0. The van der Waals surface area contributed by atoms with Crippen LogP contribution in [0, 0.1) is 12.8 Å². The van der Waals surface area contributed by atoms with Crippen LogP contribution in [-0.2, 0) is 4.74 Å². The first-order valence-electron chi connectivity index (χ1n) is 11.8. The number of benzene rings is 1. The number of ether oxygens (including phenoxy) is 1. The molecule has 2 fully saturated rings. The molecule has 0 saturated carbocycles. The molecule has 2 saturated heterocycles. The first-order chi connectivity index (χ1) is 14.7. The number of guanidine groups is 1. The smallest absolute Gasteiger partial charge is 0.191 e. The van der Waals surface area contributed by atoms with Crippen molar-refractivity contribution in [1.29, 1.82) is 0 Å². The average molecular weight is 416 g/mol. The van der Waals surface area contributed by atoms with E-state index in [1.165, 1.54) is 37.1 Å². The molecule has 3 rings (SSSR count). The van der Waals surface area contributed by atoms with Gasteiger partial charge in [-0.25, -0.2) is 0 Å². The monoisotopic (exact) mass is 415 g/mol. The summed E-state index contributed by atoms with van der Waals surface area (Å²) in [6, 6.07) is 8.79. The van der Waals surface area contributed by atoms with Gasteiger partial charge in [0, 0.05) is 51.8 Å². The summed E-state index contributed by atoms with van der Waals surface area (Å²) in [4.78, 5) is 9.92. The van der Waals surface area contributed by atoms with Crippen molar-refractivity contribution in [2.45, 2.75) is 39.2 Å². The van der Waals surface area contributed by atoms with Crippen LogP contribution < -0.4 is 10.6 Å². The minimum absolute atomic E-state index is 0.153. The van der Waals surface area contributed by atoms with Crippen LogP contribution in [-0.4, -0.2) is 81.8 Å². The molecule has 2 N–H and O–H groups in total. The second kappa shape index (κ2) is 12.3. The van der Waals surface area contributed by atoms with Gasteiger partial charge in [-0.1, -0.05) is 29.8 Å². The number of aliphatic imine (C=N–C) groups is 1. The molecule has 30 heavy (non-hydrogen) atoms. The van der Waals surface area contributed by atoms with E-state index in [-0.39, 0.29) is 6.10 Å². The molecule has 2 unspecified atom stereocenters. The van der Waals surface area contributed by atoms with E-state index < -0.39 is 0 Å². The van der Waals surface area contributed by atoms with Crippen molar-refractivity contribution in [3.8, 4) is 0 Å². The summed E-state index contributed by atoms with van der Waals surface area (Å²) < 4.78 is 6.17. The number of nitrogens with zero attached hydrogens (tertiary/aromatic N) is 3. The summed E-state index contributed by atoms with van der Waals surface area (Å²) in [7, 11) is 2.22. The van der Waals surface area contributed by atoms with Crippen LogP contribution in [0.2, 0.25) is 0 Å². The van der Waals surface area contributed by atoms with Crippen LogP contribution in [0.1, 0.15) is 43.4 Å². The van der Waals surface area contributed by atoms with E-state index in [2.05, 4.69) is 65.6 Å². The van der Waals surface area contributed by atoms with E-state index in [1.54, 1.807) is 0 Å². The molecule has 6 nitrogen and oxygen atoms in total. The molecular formula is C24H41N5O. The van der Waals surface area contributed by atoms with Gasteiger partial charge in [0.25, 0.3) is 0 Å². The highest BCUT2D eigenvalue weighted by atomic mass is 16.5. The third-order valence-corrected chi connectivity index (χ3v) is 6.21. The minimum atomic E-state index is 0.153. The molecule has 6 heteroatoms. The lowest BCUT2D eigenvalue weighted by Crippen LogP contribution is -2.42. The van der Waals surface area contributed by atoms with Crippen LogP contribution in [0.3, 0.4) is 0 Å². The SMILES string of the molecule is CCNC(=NCC1CCCOC1c1ccc(C)cc1)NCCN1CCCN(C)CC1. The van der Waals surface area contributed by atoms with E-state index in [9.17, 15) is 0 Å². The molecule has 2 aliphatic heterocycles. The third-order valence-electron chi connectivity index (χ3n) is 6.21. The maximum Gasteiger partial charge on any atom is 0.191 e. The summed E-state index contributed by atoms with van der Waals surface area (Å²) in [5, 5.41) is 6.96. The number of rotatable bonds is 7. The van der Waals surface area contributed by atoms with Gasteiger partial charge in [-0.3, -0.25) is 4.99 Å². The first-order valence-corrected chi connectivity index (χ1v) is 11.8. The van der Waals surface area contributed by atoms with E-state index in [1.807, 2.05) is 0 Å². The Hall–Kier alpha value is -1.63. The van der Waals surface area contributed by atoms with Crippen molar-refractivity contribution < 1.29 is 4.74 Å². The van der Waals surface area contributed by atoms with Crippen LogP contribution in [0.25, 0.3) is 0 Å². The van der Waals surface area contributed by atoms with Crippen molar-refractivity contribution in [2.24, 2.45) is 10.9 Å². The second-order valence-electron chi connectivity index (χ2n) is 8.75. The van der Waals surface area contributed by atoms with E-state index in [0.29, 0.717) is 5.92 Å². The molecule has 1 aromatic rings. The van der Waals surface area contributed by atoms with E-state index in [4.69, 9.17) is 9.73 Å². The molecule has 2 atom stereocenters. The largest absolute Gasteiger partial charge is 0.373 e. The number of hydrogen-bond donors (Lipinski definition) is 2. The Morgan fingerprint density at radius 1 is 1.10 bits per heavy atom. The van der Waals surface area contributed by atoms with Crippen molar-refractivity contribution in [2.75, 3.05) is 66.0 Å². The zero-order valence-corrected chi connectivity index (χ0v) is 19.2. The lowest BCUT2D eigenvalue weighted by Gasteiger charge is -2.31. The lowest BCUT2D eigenvalue weighted by molar-refractivity contribution is -0.0250. The lowest BCUT2D eigenvalue weighted by atomic mass is 9.89. The Balaban J connectivity index is 1.52. The van der Waals surface area contributed by atoms with Crippen molar-refractivity contribution in [1.82, 2.24) is 20.4 Å². The van der Waals surface area contributed by atoms with Crippen LogP contribution >= 0.6 is 0 Å². The Morgan fingerprint density at radius 2 is 1.93 bits per heavy atom. The standard InChI is InChI=1S/C24H41N5O/c1-4-25-24(26-12-15-29-14-6-13-28(3)16-17-29)27-19-22-7-5-18-30-23(22)21-10-8-20(2)9-11-21/h8-11,22-23H,4-7,12-19H2,1-3H3,(H2,25,26,27). The summed E-state index contributed by atoms with van der Waals surface area (Å²) in [6.45, 7) is 13.5. The van der Waals surface area contributed by atoms with Gasteiger partial charge < -0.3 is 25.2 Å². The second-order valence-corrected chi connectivity index (χ2v) is 8.75. The van der Waals surface area contributed by atoms with Gasteiger partial charge in [0.05, 0.1) is 6.10 Å². The van der Waals surface area contributed by atoms with Crippen molar-refractivity contribution in [3.63, 3.8) is 0 Å². The van der Waals surface area contributed by atoms with E-state index >= 15 is 0 Å². The van der Waals surface area contributed by atoms with Gasteiger partial charge in [-0.05, 0) is 58.8 Å². The molecule has 1 aromatic carbocycles. The summed E-state index contributed by atoms with van der Waals surface area (Å²) in [5.74, 6) is 1.36. The van der Waals surface area contributed by atoms with Gasteiger partial charge in [0.15, 0.2) is 5.96 Å². The Bertz CT molecular complexity index is 648. The predicted octanol–water partition coefficient (Wildman–Crippen LogP) is 2.66. The summed E-state index contributed by atoms with van der Waals surface area (Å²) in [5.41, 5.74) is 2.57. The van der Waals surface area contributed by atoms with Crippen LogP contribution in [0.4, 0.5) is 0 Å². The summed E-state index contributed by atoms with van der Waals surface area (Å²) in [6.07, 6.45) is 3.70. The van der Waals surface area contributed by atoms with Gasteiger partial charge in [0.2, 0.25) is 0 Å². The zero-order chi connectivity index (χ0) is 21.2. The fourth-order valence-corrected chi connectivity index (χ4v) is 4.36. The fraction of sp³-hybridized carbons (Fsp3) is 0.708. The van der Waals surface area contributed by atoms with Crippen LogP contribution in [0.5, 0.6) is 0 Å². The Kier molecular flexibility index (Phi) is 9.43. The maximum absolute atomic E-state index is 6.17. The molecule has 0 aliphatic carbocycles. The molecule has 0 amide bonds. The number of likely N-dealkylation sites (N-methyl/N-ethyl adjacent to an activating group) is 1. The van der Waals surface area contributed by atoms with Crippen LogP contribution in [0.15, 0.2) is 29.3 Å². The first kappa shape index (κ1) is 23.0. The number of aryl methyl sites for hydroxylation is 1. The van der Waals surface area contributed by atoms with Crippen molar-refractivity contribution >= 4 is 5.96 Å². The fourth-order valence-electron chi connectivity index (χ4n) is 4.36. The number of nitrogens with one attached hydrogen (secondary N) is 2. The van der Waals surface area contributed by atoms with E-state index in [0.717, 1.165) is 58.3 Å². The van der Waals surface area contributed by atoms with Gasteiger partial charge in [0.1, 0.15) is 0 Å². The Labute approximate surface area is 183 Å².